The van der Waals surface area contributed by atoms with Gasteiger partial charge in [0.15, 0.2) is 0 Å². The standard InChI is InChI=1S/C25H28N2O5S/c1-4-32-21-14-16-22(17-15-21)33(29,30)27(20-10-6-5-7-11-20)18-25(28)26-19(2)23-12-8-9-13-24(23)31-3/h5-17,19H,4,18H2,1-3H3,(H,26,28). The third-order valence-electron chi connectivity index (χ3n) is 5.04. The second-order valence-electron chi connectivity index (χ2n) is 7.28. The van der Waals surface area contributed by atoms with Crippen molar-refractivity contribution in [3.63, 3.8) is 0 Å². The van der Waals surface area contributed by atoms with Gasteiger partial charge < -0.3 is 14.8 Å². The van der Waals surface area contributed by atoms with E-state index >= 15 is 0 Å². The van der Waals surface area contributed by atoms with Gasteiger partial charge in [-0.2, -0.15) is 0 Å². The number of nitrogens with one attached hydrogen (secondary N) is 1. The zero-order valence-corrected chi connectivity index (χ0v) is 19.7. The Hall–Kier alpha value is -3.52. The first-order valence-corrected chi connectivity index (χ1v) is 12.0. The summed E-state index contributed by atoms with van der Waals surface area (Å²) in [5, 5.41) is 2.88. The average molecular weight is 469 g/mol. The summed E-state index contributed by atoms with van der Waals surface area (Å²) in [4.78, 5) is 13.0. The highest BCUT2D eigenvalue weighted by Gasteiger charge is 2.28. The topological polar surface area (TPSA) is 84.9 Å². The van der Waals surface area contributed by atoms with Crippen LogP contribution in [0, 0.1) is 0 Å². The number of sulfonamides is 1. The Morgan fingerprint density at radius 2 is 1.61 bits per heavy atom. The Kier molecular flexibility index (Phi) is 7.95. The van der Waals surface area contributed by atoms with Crippen LogP contribution < -0.4 is 19.1 Å². The first-order valence-electron chi connectivity index (χ1n) is 10.6. The summed E-state index contributed by atoms with van der Waals surface area (Å²) < 4.78 is 38.8. The molecule has 0 aromatic heterocycles. The van der Waals surface area contributed by atoms with Crippen LogP contribution in [0.25, 0.3) is 0 Å². The van der Waals surface area contributed by atoms with Crippen molar-refractivity contribution in [2.75, 3.05) is 24.6 Å². The minimum atomic E-state index is -4.00. The lowest BCUT2D eigenvalue weighted by Crippen LogP contribution is -2.41. The molecule has 7 nitrogen and oxygen atoms in total. The summed E-state index contributed by atoms with van der Waals surface area (Å²) >= 11 is 0. The van der Waals surface area contributed by atoms with Crippen molar-refractivity contribution in [3.8, 4) is 11.5 Å². The van der Waals surface area contributed by atoms with Gasteiger partial charge in [0.1, 0.15) is 18.0 Å². The molecule has 0 aliphatic carbocycles. The lowest BCUT2D eigenvalue weighted by Gasteiger charge is -2.25. The maximum absolute atomic E-state index is 13.5. The molecule has 0 spiro atoms. The highest BCUT2D eigenvalue weighted by molar-refractivity contribution is 7.92. The normalized spacial score (nSPS) is 12.0. The number of hydrogen-bond acceptors (Lipinski definition) is 5. The molecule has 0 aliphatic heterocycles. The van der Waals surface area contributed by atoms with E-state index in [9.17, 15) is 13.2 Å². The number of carbonyl (C=O) groups excluding carboxylic acids is 1. The van der Waals surface area contributed by atoms with Gasteiger partial charge in [-0.1, -0.05) is 36.4 Å². The van der Waals surface area contributed by atoms with Gasteiger partial charge in [0.2, 0.25) is 5.91 Å². The number of amides is 1. The molecular weight excluding hydrogens is 440 g/mol. The van der Waals surface area contributed by atoms with Gasteiger partial charge in [0.25, 0.3) is 10.0 Å². The monoisotopic (exact) mass is 468 g/mol. The minimum Gasteiger partial charge on any atom is -0.496 e. The van der Waals surface area contributed by atoms with E-state index < -0.39 is 15.9 Å². The van der Waals surface area contributed by atoms with Crippen LogP contribution in [0.15, 0.2) is 83.8 Å². The Morgan fingerprint density at radius 1 is 0.970 bits per heavy atom. The number of carbonyl (C=O) groups is 1. The number of ether oxygens (including phenoxy) is 2. The quantitative estimate of drug-likeness (QED) is 0.483. The van der Waals surface area contributed by atoms with Crippen LogP contribution in [0.4, 0.5) is 5.69 Å². The summed E-state index contributed by atoms with van der Waals surface area (Å²) in [5.74, 6) is 0.782. The van der Waals surface area contributed by atoms with Crippen molar-refractivity contribution in [1.29, 1.82) is 0 Å². The maximum Gasteiger partial charge on any atom is 0.264 e. The number of nitrogens with zero attached hydrogens (tertiary/aromatic N) is 1. The van der Waals surface area contributed by atoms with Gasteiger partial charge >= 0.3 is 0 Å². The van der Waals surface area contributed by atoms with Crippen LogP contribution in [0.5, 0.6) is 11.5 Å². The van der Waals surface area contributed by atoms with E-state index in [1.807, 2.05) is 38.1 Å². The van der Waals surface area contributed by atoms with Crippen molar-refractivity contribution in [2.24, 2.45) is 0 Å². The van der Waals surface area contributed by atoms with Crippen molar-refractivity contribution in [1.82, 2.24) is 5.32 Å². The lowest BCUT2D eigenvalue weighted by atomic mass is 10.1. The summed E-state index contributed by atoms with van der Waals surface area (Å²) in [5.41, 5.74) is 1.19. The third kappa shape index (κ3) is 5.84. The number of hydrogen-bond donors (Lipinski definition) is 1. The van der Waals surface area contributed by atoms with Crippen molar-refractivity contribution < 1.29 is 22.7 Å². The molecule has 0 heterocycles. The minimum absolute atomic E-state index is 0.0698. The Morgan fingerprint density at radius 3 is 2.24 bits per heavy atom. The molecule has 3 rings (SSSR count). The van der Waals surface area contributed by atoms with Crippen molar-refractivity contribution in [3.05, 3.63) is 84.4 Å². The molecule has 0 radical (unpaired) electrons. The molecule has 174 valence electrons. The molecule has 0 aliphatic rings. The molecule has 1 atom stereocenters. The first kappa shape index (κ1) is 24.1. The van der Waals surface area contributed by atoms with Gasteiger partial charge in [-0.05, 0) is 56.3 Å². The predicted molar refractivity (Wildman–Crippen MR) is 128 cm³/mol. The van der Waals surface area contributed by atoms with Gasteiger partial charge in [-0.25, -0.2) is 8.42 Å². The van der Waals surface area contributed by atoms with Crippen molar-refractivity contribution in [2.45, 2.75) is 24.8 Å². The SMILES string of the molecule is CCOc1ccc(S(=O)(=O)N(CC(=O)NC(C)c2ccccc2OC)c2ccccc2)cc1. The van der Waals surface area contributed by atoms with E-state index in [4.69, 9.17) is 9.47 Å². The molecule has 1 unspecified atom stereocenters. The molecule has 3 aromatic carbocycles. The van der Waals surface area contributed by atoms with Gasteiger partial charge in [0.05, 0.1) is 30.3 Å². The summed E-state index contributed by atoms with van der Waals surface area (Å²) in [6.45, 7) is 3.78. The number of anilines is 1. The molecule has 3 aromatic rings. The fourth-order valence-corrected chi connectivity index (χ4v) is 4.85. The fraction of sp³-hybridized carbons (Fsp3) is 0.240. The molecule has 0 bridgehead atoms. The van der Waals surface area contributed by atoms with E-state index in [0.717, 1.165) is 9.87 Å². The third-order valence-corrected chi connectivity index (χ3v) is 6.83. The predicted octanol–water partition coefficient (Wildman–Crippen LogP) is 4.17. The van der Waals surface area contributed by atoms with Crippen LogP contribution in [0.2, 0.25) is 0 Å². The lowest BCUT2D eigenvalue weighted by molar-refractivity contribution is -0.120. The molecule has 0 saturated heterocycles. The summed E-state index contributed by atoms with van der Waals surface area (Å²) in [7, 11) is -2.44. The van der Waals surface area contributed by atoms with E-state index in [2.05, 4.69) is 5.32 Å². The van der Waals surface area contributed by atoms with E-state index in [-0.39, 0.29) is 17.5 Å². The summed E-state index contributed by atoms with van der Waals surface area (Å²) in [6.07, 6.45) is 0. The van der Waals surface area contributed by atoms with Crippen LogP contribution >= 0.6 is 0 Å². The fourth-order valence-electron chi connectivity index (χ4n) is 3.43. The smallest absolute Gasteiger partial charge is 0.264 e. The van der Waals surface area contributed by atoms with Gasteiger partial charge in [-0.15, -0.1) is 0 Å². The van der Waals surface area contributed by atoms with E-state index in [0.29, 0.717) is 23.8 Å². The molecule has 1 amide bonds. The van der Waals surface area contributed by atoms with Crippen LogP contribution in [0.3, 0.4) is 0 Å². The Bertz CT molecular complexity index is 1160. The zero-order valence-electron chi connectivity index (χ0n) is 18.9. The largest absolute Gasteiger partial charge is 0.496 e. The van der Waals surface area contributed by atoms with Crippen LogP contribution in [-0.4, -0.2) is 34.6 Å². The summed E-state index contributed by atoms with van der Waals surface area (Å²) in [6, 6.07) is 21.7. The van der Waals surface area contributed by atoms with Crippen molar-refractivity contribution >= 4 is 21.6 Å². The number of benzene rings is 3. The highest BCUT2D eigenvalue weighted by Crippen LogP contribution is 2.26. The number of methoxy groups -OCH3 is 1. The molecule has 33 heavy (non-hydrogen) atoms. The molecular formula is C25H28N2O5S. The second kappa shape index (κ2) is 10.9. The Labute approximate surface area is 195 Å². The highest BCUT2D eigenvalue weighted by atomic mass is 32.2. The molecule has 1 N–H and O–H groups in total. The zero-order chi connectivity index (χ0) is 23.8. The number of para-hydroxylation sites is 2. The second-order valence-corrected chi connectivity index (χ2v) is 9.15. The van der Waals surface area contributed by atoms with Crippen LogP contribution in [0.1, 0.15) is 25.5 Å². The molecule has 8 heteroatoms. The number of rotatable bonds is 10. The maximum atomic E-state index is 13.5. The molecule has 0 saturated carbocycles. The Balaban J connectivity index is 1.86. The van der Waals surface area contributed by atoms with Gasteiger partial charge in [0, 0.05) is 5.56 Å². The molecule has 0 fully saturated rings. The van der Waals surface area contributed by atoms with Crippen LogP contribution in [-0.2, 0) is 14.8 Å². The van der Waals surface area contributed by atoms with E-state index in [1.54, 1.807) is 49.6 Å². The average Bonchev–Trinajstić information content (AvgIpc) is 2.83. The first-order chi connectivity index (χ1) is 15.9. The van der Waals surface area contributed by atoms with Gasteiger partial charge in [-0.3, -0.25) is 9.10 Å². The van der Waals surface area contributed by atoms with E-state index in [1.165, 1.54) is 12.1 Å².